The van der Waals surface area contributed by atoms with Crippen molar-refractivity contribution in [2.24, 2.45) is 0 Å². The van der Waals surface area contributed by atoms with Gasteiger partial charge in [0.25, 0.3) is 0 Å². The van der Waals surface area contributed by atoms with Crippen LogP contribution in [-0.4, -0.2) is 15.8 Å². The van der Waals surface area contributed by atoms with Crippen LogP contribution in [0.4, 0.5) is 0 Å². The van der Waals surface area contributed by atoms with E-state index in [1.807, 2.05) is 41.2 Å². The molecule has 0 N–H and O–H groups in total. The Morgan fingerprint density at radius 1 is 1.33 bits per heavy atom. The second kappa shape index (κ2) is 6.83. The van der Waals surface area contributed by atoms with Crippen molar-refractivity contribution in [3.05, 3.63) is 47.9 Å². The van der Waals surface area contributed by atoms with Crippen LogP contribution < -0.4 is 0 Å². The van der Waals surface area contributed by atoms with Gasteiger partial charge in [-0.1, -0.05) is 30.3 Å². The fourth-order valence-corrected chi connectivity index (χ4v) is 2.64. The monoisotopic (exact) mass is 282 g/mol. The first-order chi connectivity index (χ1) is 8.85. The van der Waals surface area contributed by atoms with Gasteiger partial charge < -0.3 is 9.30 Å². The van der Waals surface area contributed by atoms with E-state index in [0.717, 1.165) is 10.7 Å². The van der Waals surface area contributed by atoms with Gasteiger partial charge in [0.05, 0.1) is 24.5 Å². The minimum absolute atomic E-state index is 0.432. The van der Waals surface area contributed by atoms with Crippen LogP contribution in [0.1, 0.15) is 11.3 Å². The molecule has 1 aromatic heterocycles. The number of nitrogens with zero attached hydrogens (tertiary/aromatic N) is 2. The number of ether oxygens (including phenoxy) is 1. The molecule has 0 saturated heterocycles. The number of alkyl halides is 1. The van der Waals surface area contributed by atoms with Gasteiger partial charge in [0.2, 0.25) is 0 Å². The molecule has 18 heavy (non-hydrogen) atoms. The van der Waals surface area contributed by atoms with E-state index >= 15 is 0 Å². The summed E-state index contributed by atoms with van der Waals surface area (Å²) in [5.41, 5.74) is 2.08. The molecule has 96 valence electrons. The Labute approximate surface area is 116 Å². The van der Waals surface area contributed by atoms with E-state index in [2.05, 4.69) is 4.98 Å². The lowest BCUT2D eigenvalue weighted by Crippen LogP contribution is -2.03. The van der Waals surface area contributed by atoms with Crippen LogP contribution in [0.15, 0.2) is 41.7 Å². The van der Waals surface area contributed by atoms with E-state index in [-0.39, 0.29) is 0 Å². The molecule has 0 amide bonds. The third kappa shape index (κ3) is 3.28. The van der Waals surface area contributed by atoms with Gasteiger partial charge in [-0.15, -0.1) is 23.4 Å². The number of aromatic nitrogens is 2. The number of rotatable bonds is 6. The number of halogens is 1. The Bertz CT molecular complexity index is 487. The Balaban J connectivity index is 1.92. The molecule has 0 atom stereocenters. The molecule has 0 spiro atoms. The third-order valence-corrected chi connectivity index (χ3v) is 3.63. The zero-order chi connectivity index (χ0) is 12.8. The molecule has 0 aliphatic carbocycles. The Morgan fingerprint density at radius 3 is 2.78 bits per heavy atom. The maximum Gasteiger partial charge on any atom is 0.125 e. The van der Waals surface area contributed by atoms with Gasteiger partial charge in [-0.2, -0.15) is 0 Å². The molecule has 0 aliphatic rings. The second-order valence-corrected chi connectivity index (χ2v) is 4.83. The van der Waals surface area contributed by atoms with Gasteiger partial charge in [0, 0.05) is 0 Å². The first-order valence-corrected chi connectivity index (χ1v) is 7.36. The number of thioether (sulfide) groups is 1. The second-order valence-electron chi connectivity index (χ2n) is 3.77. The van der Waals surface area contributed by atoms with Crippen molar-refractivity contribution >= 4 is 23.4 Å². The quantitative estimate of drug-likeness (QED) is 0.599. The molecule has 0 saturated carbocycles. The summed E-state index contributed by atoms with van der Waals surface area (Å²) >= 11 is 7.46. The van der Waals surface area contributed by atoms with E-state index in [4.69, 9.17) is 16.3 Å². The van der Waals surface area contributed by atoms with Crippen LogP contribution in [0, 0.1) is 0 Å². The molecule has 0 aliphatic heterocycles. The molecular weight excluding hydrogens is 268 g/mol. The lowest BCUT2D eigenvalue weighted by molar-refractivity contribution is 0.0591. The lowest BCUT2D eigenvalue weighted by Gasteiger charge is -2.08. The maximum absolute atomic E-state index is 5.82. The molecule has 5 heteroatoms. The average molecular weight is 283 g/mol. The largest absolute Gasteiger partial charge is 0.356 e. The predicted molar refractivity (Wildman–Crippen MR) is 74.8 cm³/mol. The lowest BCUT2D eigenvalue weighted by atomic mass is 10.2. The van der Waals surface area contributed by atoms with Gasteiger partial charge >= 0.3 is 0 Å². The first kappa shape index (κ1) is 13.5. The highest BCUT2D eigenvalue weighted by atomic mass is 35.5. The van der Waals surface area contributed by atoms with Gasteiger partial charge in [-0.25, -0.2) is 4.98 Å². The average Bonchev–Trinajstić information content (AvgIpc) is 2.82. The summed E-state index contributed by atoms with van der Waals surface area (Å²) in [6, 6.07) is 10.1. The van der Waals surface area contributed by atoms with Gasteiger partial charge in [-0.3, -0.25) is 0 Å². The van der Waals surface area contributed by atoms with Crippen molar-refractivity contribution < 1.29 is 4.74 Å². The normalized spacial score (nSPS) is 10.8. The topological polar surface area (TPSA) is 27.1 Å². The summed E-state index contributed by atoms with van der Waals surface area (Å²) in [5.74, 6) is 0.432. The Hall–Kier alpha value is -0.970. The Morgan fingerprint density at radius 2 is 2.11 bits per heavy atom. The highest BCUT2D eigenvalue weighted by Gasteiger charge is 2.08. The zero-order valence-corrected chi connectivity index (χ0v) is 11.7. The molecule has 2 aromatic rings. The number of benzene rings is 1. The van der Waals surface area contributed by atoms with Crippen LogP contribution >= 0.6 is 23.4 Å². The molecule has 2 rings (SSSR count). The van der Waals surface area contributed by atoms with E-state index in [9.17, 15) is 0 Å². The van der Waals surface area contributed by atoms with Gasteiger partial charge in [0.1, 0.15) is 11.8 Å². The van der Waals surface area contributed by atoms with E-state index in [1.165, 1.54) is 5.56 Å². The highest BCUT2D eigenvalue weighted by Crippen LogP contribution is 2.21. The molecule has 0 fully saturated rings. The molecule has 0 bridgehead atoms. The summed E-state index contributed by atoms with van der Waals surface area (Å²) in [7, 11) is 0. The van der Waals surface area contributed by atoms with Gasteiger partial charge in [-0.05, 0) is 11.8 Å². The summed E-state index contributed by atoms with van der Waals surface area (Å²) < 4.78 is 7.65. The standard InChI is InChI=1S/C13H15ClN2OS/c1-18-13-12(7-14)15-9-16(13)10-17-8-11-5-3-2-4-6-11/h2-6,9H,7-8,10H2,1H3. The minimum Gasteiger partial charge on any atom is -0.356 e. The maximum atomic E-state index is 5.82. The molecule has 1 aromatic carbocycles. The summed E-state index contributed by atoms with van der Waals surface area (Å²) in [5, 5.41) is 1.07. The zero-order valence-electron chi connectivity index (χ0n) is 10.2. The van der Waals surface area contributed by atoms with Crippen LogP contribution in [-0.2, 0) is 24.0 Å². The summed E-state index contributed by atoms with van der Waals surface area (Å²) in [4.78, 5) is 4.26. The third-order valence-electron chi connectivity index (χ3n) is 2.52. The summed E-state index contributed by atoms with van der Waals surface area (Å²) in [6.07, 6.45) is 3.79. The molecule has 3 nitrogen and oxygen atoms in total. The van der Waals surface area contributed by atoms with Crippen LogP contribution in [0.3, 0.4) is 0 Å². The predicted octanol–water partition coefficient (Wildman–Crippen LogP) is 3.52. The van der Waals surface area contributed by atoms with Crippen molar-refractivity contribution in [3.63, 3.8) is 0 Å². The fourth-order valence-electron chi connectivity index (χ4n) is 1.67. The fraction of sp³-hybridized carbons (Fsp3) is 0.308. The van der Waals surface area contributed by atoms with Crippen LogP contribution in [0.25, 0.3) is 0 Å². The Kier molecular flexibility index (Phi) is 5.11. The number of imidazole rings is 1. The van der Waals surface area contributed by atoms with Crippen LogP contribution in [0.2, 0.25) is 0 Å². The van der Waals surface area contributed by atoms with E-state index < -0.39 is 0 Å². The molecular formula is C13H15ClN2OS. The molecule has 0 radical (unpaired) electrons. The van der Waals surface area contributed by atoms with Crippen molar-refractivity contribution in [1.29, 1.82) is 0 Å². The van der Waals surface area contributed by atoms with Crippen molar-refractivity contribution in [1.82, 2.24) is 9.55 Å². The van der Waals surface area contributed by atoms with Gasteiger partial charge in [0.15, 0.2) is 0 Å². The highest BCUT2D eigenvalue weighted by molar-refractivity contribution is 7.98. The smallest absolute Gasteiger partial charge is 0.125 e. The number of hydrogen-bond donors (Lipinski definition) is 0. The molecule has 1 heterocycles. The van der Waals surface area contributed by atoms with Crippen LogP contribution in [0.5, 0.6) is 0 Å². The van der Waals surface area contributed by atoms with E-state index in [0.29, 0.717) is 19.2 Å². The van der Waals surface area contributed by atoms with Crippen molar-refractivity contribution in [3.8, 4) is 0 Å². The first-order valence-electron chi connectivity index (χ1n) is 5.60. The van der Waals surface area contributed by atoms with Crippen molar-refractivity contribution in [2.45, 2.75) is 24.2 Å². The number of hydrogen-bond acceptors (Lipinski definition) is 3. The summed E-state index contributed by atoms with van der Waals surface area (Å²) in [6.45, 7) is 1.10. The van der Waals surface area contributed by atoms with E-state index in [1.54, 1.807) is 18.1 Å². The molecule has 0 unspecified atom stereocenters. The SMILES string of the molecule is CSc1c(CCl)ncn1COCc1ccccc1. The minimum atomic E-state index is 0.432. The van der Waals surface area contributed by atoms with Crippen molar-refractivity contribution in [2.75, 3.05) is 6.26 Å².